The number of anilines is 3. The number of halogens is 1. The monoisotopic (exact) mass is 259 g/mol. The highest BCUT2D eigenvalue weighted by Gasteiger charge is 2.30. The summed E-state index contributed by atoms with van der Waals surface area (Å²) in [5.41, 5.74) is 1.30. The second-order valence-corrected chi connectivity index (χ2v) is 4.02. The number of amides is 2. The Hall–Kier alpha value is -2.60. The van der Waals surface area contributed by atoms with Gasteiger partial charge in [-0.15, -0.1) is 0 Å². The first-order chi connectivity index (χ1) is 9.16. The molecular formula is C13H10FN3O2. The third kappa shape index (κ3) is 1.88. The van der Waals surface area contributed by atoms with Crippen LogP contribution in [0.15, 0.2) is 48.5 Å². The number of hydrazine groups is 1. The molecule has 2 amide bonds. The average Bonchev–Trinajstić information content (AvgIpc) is 2.41. The maximum absolute atomic E-state index is 12.9. The number of benzene rings is 2. The van der Waals surface area contributed by atoms with Crippen LogP contribution in [0.1, 0.15) is 0 Å². The van der Waals surface area contributed by atoms with Gasteiger partial charge in [0.2, 0.25) is 0 Å². The van der Waals surface area contributed by atoms with Gasteiger partial charge in [0.25, 0.3) is 0 Å². The molecule has 0 saturated heterocycles. The zero-order chi connectivity index (χ0) is 13.4. The lowest BCUT2D eigenvalue weighted by Gasteiger charge is -2.36. The van der Waals surface area contributed by atoms with Gasteiger partial charge < -0.3 is 5.32 Å². The largest absolute Gasteiger partial charge is 0.347 e. The van der Waals surface area contributed by atoms with E-state index in [1.165, 1.54) is 24.3 Å². The lowest BCUT2D eigenvalue weighted by Crippen LogP contribution is -2.50. The van der Waals surface area contributed by atoms with Gasteiger partial charge in [-0.1, -0.05) is 12.1 Å². The van der Waals surface area contributed by atoms with Crippen LogP contribution in [0, 0.1) is 5.82 Å². The number of hydrogen-bond donors (Lipinski definition) is 2. The molecule has 0 unspecified atom stereocenters. The van der Waals surface area contributed by atoms with Crippen LogP contribution in [0.3, 0.4) is 0 Å². The van der Waals surface area contributed by atoms with E-state index in [1.807, 2.05) is 0 Å². The van der Waals surface area contributed by atoms with Crippen LogP contribution in [0.4, 0.5) is 26.2 Å². The molecule has 3 rings (SSSR count). The molecular weight excluding hydrogens is 249 g/mol. The van der Waals surface area contributed by atoms with Crippen molar-refractivity contribution in [1.82, 2.24) is 0 Å². The Morgan fingerprint density at radius 3 is 2.47 bits per heavy atom. The van der Waals surface area contributed by atoms with Gasteiger partial charge in [0, 0.05) is 0 Å². The number of hydrogen-bond acceptors (Lipinski definition) is 3. The Morgan fingerprint density at radius 2 is 1.74 bits per heavy atom. The minimum atomic E-state index is -0.521. The van der Waals surface area contributed by atoms with Crippen LogP contribution in [0.25, 0.3) is 0 Å². The van der Waals surface area contributed by atoms with Crippen molar-refractivity contribution >= 4 is 23.1 Å². The molecule has 2 aromatic carbocycles. The first-order valence-corrected chi connectivity index (χ1v) is 5.61. The van der Waals surface area contributed by atoms with Gasteiger partial charge in [0.05, 0.1) is 11.4 Å². The number of nitrogens with one attached hydrogen (secondary N) is 1. The SMILES string of the molecule is O=C1Nc2ccccc2N(O)N1c1ccc(F)cc1. The molecule has 96 valence electrons. The fourth-order valence-electron chi connectivity index (χ4n) is 1.92. The zero-order valence-corrected chi connectivity index (χ0v) is 9.75. The van der Waals surface area contributed by atoms with Crippen molar-refractivity contribution < 1.29 is 14.4 Å². The van der Waals surface area contributed by atoms with E-state index in [4.69, 9.17) is 0 Å². The van der Waals surface area contributed by atoms with E-state index in [0.29, 0.717) is 17.1 Å². The highest BCUT2D eigenvalue weighted by Crippen LogP contribution is 2.32. The summed E-state index contributed by atoms with van der Waals surface area (Å²) < 4.78 is 12.9. The molecule has 1 aliphatic heterocycles. The van der Waals surface area contributed by atoms with Crippen LogP contribution < -0.4 is 15.5 Å². The Labute approximate surface area is 108 Å². The van der Waals surface area contributed by atoms with Crippen molar-refractivity contribution in [2.75, 3.05) is 15.5 Å². The molecule has 0 bridgehead atoms. The molecule has 5 nitrogen and oxygen atoms in total. The second-order valence-electron chi connectivity index (χ2n) is 4.02. The summed E-state index contributed by atoms with van der Waals surface area (Å²) in [6.45, 7) is 0. The quantitative estimate of drug-likeness (QED) is 0.827. The molecule has 0 aromatic heterocycles. The van der Waals surface area contributed by atoms with E-state index in [0.717, 1.165) is 10.2 Å². The molecule has 1 heterocycles. The molecule has 0 saturated carbocycles. The van der Waals surface area contributed by atoms with Gasteiger partial charge in [-0.25, -0.2) is 9.18 Å². The standard InChI is InChI=1S/C13H10FN3O2/c14-9-5-7-10(8-6-9)16-13(18)15-11-3-1-2-4-12(11)17(16)19/h1-8,19H,(H,15,18). The van der Waals surface area contributed by atoms with Gasteiger partial charge in [-0.2, -0.15) is 10.2 Å². The lowest BCUT2D eigenvalue weighted by molar-refractivity contribution is 0.221. The molecule has 6 heteroatoms. The third-order valence-corrected chi connectivity index (χ3v) is 2.81. The summed E-state index contributed by atoms with van der Waals surface area (Å²) >= 11 is 0. The Bertz CT molecular complexity index is 630. The Kier molecular flexibility index (Phi) is 2.57. The highest BCUT2D eigenvalue weighted by molar-refractivity contribution is 6.08. The predicted molar refractivity (Wildman–Crippen MR) is 68.6 cm³/mol. The summed E-state index contributed by atoms with van der Waals surface area (Å²) in [7, 11) is 0. The first kappa shape index (κ1) is 11.5. The molecule has 2 aromatic rings. The molecule has 0 radical (unpaired) electrons. The van der Waals surface area contributed by atoms with Crippen molar-refractivity contribution in [2.24, 2.45) is 0 Å². The summed E-state index contributed by atoms with van der Waals surface area (Å²) in [5.74, 6) is -0.411. The van der Waals surface area contributed by atoms with Crippen LogP contribution in [0.5, 0.6) is 0 Å². The van der Waals surface area contributed by atoms with Crippen molar-refractivity contribution in [3.63, 3.8) is 0 Å². The number of para-hydroxylation sites is 2. The van der Waals surface area contributed by atoms with E-state index < -0.39 is 11.8 Å². The molecule has 2 N–H and O–H groups in total. The number of rotatable bonds is 1. The third-order valence-electron chi connectivity index (χ3n) is 2.81. The number of nitrogens with zero attached hydrogens (tertiary/aromatic N) is 2. The number of carbonyl (C=O) groups is 1. The lowest BCUT2D eigenvalue weighted by atomic mass is 10.2. The fraction of sp³-hybridized carbons (Fsp3) is 0. The molecule has 0 aliphatic carbocycles. The minimum absolute atomic E-state index is 0.357. The summed E-state index contributed by atoms with van der Waals surface area (Å²) in [6, 6.07) is 11.6. The van der Waals surface area contributed by atoms with Crippen molar-refractivity contribution in [3.8, 4) is 0 Å². The second kappa shape index (κ2) is 4.25. The molecule has 0 spiro atoms. The highest BCUT2D eigenvalue weighted by atomic mass is 19.1. The smallest absolute Gasteiger partial charge is 0.304 e. The Morgan fingerprint density at radius 1 is 1.05 bits per heavy atom. The molecule has 19 heavy (non-hydrogen) atoms. The van der Waals surface area contributed by atoms with Crippen molar-refractivity contribution in [3.05, 3.63) is 54.3 Å². The Balaban J connectivity index is 2.04. The van der Waals surface area contributed by atoms with Gasteiger partial charge in [0.15, 0.2) is 0 Å². The van der Waals surface area contributed by atoms with E-state index in [1.54, 1.807) is 24.3 Å². The average molecular weight is 259 g/mol. The fourth-order valence-corrected chi connectivity index (χ4v) is 1.92. The van der Waals surface area contributed by atoms with Crippen molar-refractivity contribution in [1.29, 1.82) is 0 Å². The van der Waals surface area contributed by atoms with Gasteiger partial charge in [0.1, 0.15) is 11.5 Å². The zero-order valence-electron chi connectivity index (χ0n) is 9.75. The number of carbonyl (C=O) groups excluding carboxylic acids is 1. The number of urea groups is 1. The maximum Gasteiger partial charge on any atom is 0.347 e. The summed E-state index contributed by atoms with van der Waals surface area (Å²) in [6.07, 6.45) is 0. The first-order valence-electron chi connectivity index (χ1n) is 5.61. The number of fused-ring (bicyclic) bond motifs is 1. The topological polar surface area (TPSA) is 55.8 Å². The maximum atomic E-state index is 12.9. The van der Waals surface area contributed by atoms with E-state index >= 15 is 0 Å². The van der Waals surface area contributed by atoms with Gasteiger partial charge >= 0.3 is 6.03 Å². The summed E-state index contributed by atoms with van der Waals surface area (Å²) in [4.78, 5) is 12.0. The summed E-state index contributed by atoms with van der Waals surface area (Å²) in [5, 5.41) is 14.5. The van der Waals surface area contributed by atoms with Crippen LogP contribution in [-0.4, -0.2) is 11.2 Å². The molecule has 0 fully saturated rings. The van der Waals surface area contributed by atoms with E-state index in [9.17, 15) is 14.4 Å². The molecule has 0 atom stereocenters. The van der Waals surface area contributed by atoms with Gasteiger partial charge in [-0.3, -0.25) is 5.21 Å². The van der Waals surface area contributed by atoms with Crippen molar-refractivity contribution in [2.45, 2.75) is 0 Å². The van der Waals surface area contributed by atoms with E-state index in [2.05, 4.69) is 5.32 Å². The normalized spacial score (nSPS) is 14.1. The van der Waals surface area contributed by atoms with Crippen LogP contribution in [0.2, 0.25) is 0 Å². The predicted octanol–water partition coefficient (Wildman–Crippen LogP) is 2.99. The minimum Gasteiger partial charge on any atom is -0.304 e. The van der Waals surface area contributed by atoms with Gasteiger partial charge in [-0.05, 0) is 36.4 Å². The molecule has 1 aliphatic rings. The van der Waals surface area contributed by atoms with E-state index in [-0.39, 0.29) is 0 Å². The van der Waals surface area contributed by atoms with Crippen LogP contribution in [-0.2, 0) is 0 Å². The van der Waals surface area contributed by atoms with Crippen LogP contribution >= 0.6 is 0 Å².